The predicted molar refractivity (Wildman–Crippen MR) is 105 cm³/mol. The lowest BCUT2D eigenvalue weighted by Gasteiger charge is -2.23. The number of benzene rings is 1. The molecule has 0 unspecified atom stereocenters. The van der Waals surface area contributed by atoms with Gasteiger partial charge in [-0.25, -0.2) is 4.98 Å². The number of imidazole rings is 1. The zero-order chi connectivity index (χ0) is 19.4. The van der Waals surface area contributed by atoms with Gasteiger partial charge in [-0.05, 0) is 44.7 Å². The Morgan fingerprint density at radius 2 is 2.11 bits per heavy atom. The first-order valence-corrected chi connectivity index (χ1v) is 9.96. The molecular weight excluding hydrogens is 354 g/mol. The van der Waals surface area contributed by atoms with Crippen LogP contribution in [0.2, 0.25) is 0 Å². The number of Topliss-reactive ketones (excluding diaryl/α,β-unsaturated/α-hetero) is 1. The summed E-state index contributed by atoms with van der Waals surface area (Å²) in [7, 11) is 0. The van der Waals surface area contributed by atoms with Crippen molar-refractivity contribution >= 4 is 22.7 Å². The van der Waals surface area contributed by atoms with Crippen LogP contribution in [0, 0.1) is 13.8 Å². The van der Waals surface area contributed by atoms with E-state index in [4.69, 9.17) is 9.40 Å². The Kier molecular flexibility index (Phi) is 3.89. The molecule has 0 saturated carbocycles. The Labute approximate surface area is 162 Å². The second-order valence-electron chi connectivity index (χ2n) is 7.86. The Balaban J connectivity index is 1.54. The normalized spacial score (nSPS) is 19.4. The van der Waals surface area contributed by atoms with Gasteiger partial charge in [0.1, 0.15) is 17.3 Å². The summed E-state index contributed by atoms with van der Waals surface area (Å²) < 4.78 is 5.80. The summed E-state index contributed by atoms with van der Waals surface area (Å²) >= 11 is 0. The summed E-state index contributed by atoms with van der Waals surface area (Å²) in [5.41, 5.74) is 4.02. The van der Waals surface area contributed by atoms with Crippen LogP contribution in [0.25, 0.3) is 11.0 Å². The average Bonchev–Trinajstić information content (AvgIpc) is 3.37. The van der Waals surface area contributed by atoms with E-state index in [1.165, 1.54) is 0 Å². The Hall–Kier alpha value is -2.89. The molecule has 0 bridgehead atoms. The second kappa shape index (κ2) is 6.33. The number of furan rings is 1. The van der Waals surface area contributed by atoms with Crippen LogP contribution in [0.3, 0.4) is 0 Å². The minimum absolute atomic E-state index is 0.0246. The van der Waals surface area contributed by atoms with Crippen molar-refractivity contribution in [3.8, 4) is 0 Å². The third-order valence-corrected chi connectivity index (χ3v) is 6.02. The number of aromatic amines is 1. The van der Waals surface area contributed by atoms with Gasteiger partial charge in [0.25, 0.3) is 5.91 Å². The van der Waals surface area contributed by atoms with Crippen molar-refractivity contribution < 1.29 is 14.0 Å². The summed E-state index contributed by atoms with van der Waals surface area (Å²) in [6.45, 7) is 4.48. The predicted octanol–water partition coefficient (Wildman–Crippen LogP) is 4.27. The number of hydrogen-bond donors (Lipinski definition) is 1. The van der Waals surface area contributed by atoms with Gasteiger partial charge in [0.05, 0.1) is 28.2 Å². The molecule has 1 N–H and O–H groups in total. The first kappa shape index (κ1) is 17.2. The Morgan fingerprint density at radius 1 is 1.25 bits per heavy atom. The van der Waals surface area contributed by atoms with E-state index in [0.29, 0.717) is 35.6 Å². The summed E-state index contributed by atoms with van der Waals surface area (Å²) in [4.78, 5) is 36.0. The van der Waals surface area contributed by atoms with E-state index >= 15 is 0 Å². The number of H-pyrrole nitrogens is 1. The van der Waals surface area contributed by atoms with E-state index in [1.807, 2.05) is 30.0 Å². The zero-order valence-corrected chi connectivity index (χ0v) is 16.2. The van der Waals surface area contributed by atoms with E-state index < -0.39 is 0 Å². The minimum Gasteiger partial charge on any atom is -0.465 e. The van der Waals surface area contributed by atoms with E-state index in [-0.39, 0.29) is 17.7 Å². The van der Waals surface area contributed by atoms with Crippen LogP contribution in [0.4, 0.5) is 0 Å². The maximum atomic E-state index is 13.5. The van der Waals surface area contributed by atoms with Gasteiger partial charge in [-0.3, -0.25) is 9.59 Å². The van der Waals surface area contributed by atoms with E-state index in [1.54, 1.807) is 6.92 Å². The number of amides is 1. The fourth-order valence-electron chi connectivity index (χ4n) is 4.66. The first-order chi connectivity index (χ1) is 13.5. The van der Waals surface area contributed by atoms with Crippen molar-refractivity contribution in [2.45, 2.75) is 52.0 Å². The van der Waals surface area contributed by atoms with Gasteiger partial charge in [-0.15, -0.1) is 0 Å². The molecule has 0 spiro atoms. The smallest absolute Gasteiger partial charge is 0.258 e. The van der Waals surface area contributed by atoms with Crippen LogP contribution >= 0.6 is 0 Å². The number of para-hydroxylation sites is 1. The second-order valence-corrected chi connectivity index (χ2v) is 7.86. The quantitative estimate of drug-likeness (QED) is 0.723. The van der Waals surface area contributed by atoms with Crippen molar-refractivity contribution in [1.29, 1.82) is 0 Å². The number of rotatable bonds is 2. The first-order valence-electron chi connectivity index (χ1n) is 9.96. The van der Waals surface area contributed by atoms with E-state index in [0.717, 1.165) is 48.1 Å². The molecule has 2 aromatic heterocycles. The summed E-state index contributed by atoms with van der Waals surface area (Å²) in [5, 5.41) is 0. The molecule has 1 fully saturated rings. The lowest BCUT2D eigenvalue weighted by molar-refractivity contribution is 0.0724. The van der Waals surface area contributed by atoms with Crippen LogP contribution in [0.5, 0.6) is 0 Å². The lowest BCUT2D eigenvalue weighted by Crippen LogP contribution is -2.32. The number of hydrogen-bond acceptors (Lipinski definition) is 4. The van der Waals surface area contributed by atoms with Crippen molar-refractivity contribution in [3.63, 3.8) is 0 Å². The molecule has 3 aromatic rings. The maximum absolute atomic E-state index is 13.5. The number of carbonyl (C=O) groups is 2. The van der Waals surface area contributed by atoms with Gasteiger partial charge in [0.15, 0.2) is 5.78 Å². The highest BCUT2D eigenvalue weighted by Gasteiger charge is 2.38. The van der Waals surface area contributed by atoms with Crippen LogP contribution in [-0.4, -0.2) is 33.1 Å². The van der Waals surface area contributed by atoms with Crippen molar-refractivity contribution in [2.75, 3.05) is 6.54 Å². The van der Waals surface area contributed by atoms with Crippen LogP contribution in [0.1, 0.15) is 75.3 Å². The molecule has 5 rings (SSSR count). The molecule has 1 aromatic carbocycles. The van der Waals surface area contributed by atoms with Crippen molar-refractivity contribution in [2.24, 2.45) is 0 Å². The number of aryl methyl sites for hydroxylation is 3. The Morgan fingerprint density at radius 3 is 2.93 bits per heavy atom. The number of fused-ring (bicyclic) bond motifs is 2. The van der Waals surface area contributed by atoms with Crippen molar-refractivity contribution in [1.82, 2.24) is 14.9 Å². The molecule has 2 aliphatic rings. The number of likely N-dealkylation sites (tertiary alicyclic amines) is 1. The van der Waals surface area contributed by atoms with Crippen molar-refractivity contribution in [3.05, 3.63) is 52.2 Å². The molecule has 1 aliphatic heterocycles. The molecule has 3 heterocycles. The molecule has 1 atom stereocenters. The van der Waals surface area contributed by atoms with Gasteiger partial charge < -0.3 is 14.3 Å². The number of nitrogens with one attached hydrogen (secondary N) is 1. The maximum Gasteiger partial charge on any atom is 0.258 e. The summed E-state index contributed by atoms with van der Waals surface area (Å²) in [6, 6.07) is 5.94. The zero-order valence-electron chi connectivity index (χ0n) is 16.2. The fraction of sp³-hybridized carbons (Fsp3) is 0.409. The van der Waals surface area contributed by atoms with Crippen LogP contribution in [0.15, 0.2) is 22.6 Å². The van der Waals surface area contributed by atoms with Gasteiger partial charge in [0.2, 0.25) is 0 Å². The topological polar surface area (TPSA) is 79.2 Å². The van der Waals surface area contributed by atoms with Crippen LogP contribution in [-0.2, 0) is 6.42 Å². The SMILES string of the molecule is Cc1oc2c(c1C(=O)N1CCC[C@@H]1c1nc3c(C)cccc3[nH]1)C(=O)CCC2. The molecule has 6 heteroatoms. The summed E-state index contributed by atoms with van der Waals surface area (Å²) in [5.74, 6) is 1.95. The van der Waals surface area contributed by atoms with Gasteiger partial charge in [0, 0.05) is 19.4 Å². The largest absolute Gasteiger partial charge is 0.465 e. The molecule has 6 nitrogen and oxygen atoms in total. The summed E-state index contributed by atoms with van der Waals surface area (Å²) in [6.07, 6.45) is 3.77. The fourth-order valence-corrected chi connectivity index (χ4v) is 4.66. The minimum atomic E-state index is -0.113. The van der Waals surface area contributed by atoms with E-state index in [2.05, 4.69) is 4.98 Å². The molecule has 0 radical (unpaired) electrons. The molecule has 1 amide bonds. The highest BCUT2D eigenvalue weighted by Crippen LogP contribution is 2.36. The molecule has 1 saturated heterocycles. The lowest BCUT2D eigenvalue weighted by atomic mass is 9.93. The molecular formula is C22H23N3O3. The van der Waals surface area contributed by atoms with Gasteiger partial charge >= 0.3 is 0 Å². The monoisotopic (exact) mass is 377 g/mol. The number of ketones is 1. The average molecular weight is 377 g/mol. The standard InChI is InChI=1S/C22H23N3O3/c1-12-6-3-7-14-20(12)24-21(23-14)15-8-5-11-25(15)22(27)18-13(2)28-17-10-4-9-16(26)19(17)18/h3,6-7,15H,4-5,8-11H2,1-2H3,(H,23,24)/t15-/m1/s1. The molecule has 28 heavy (non-hydrogen) atoms. The molecule has 1 aliphatic carbocycles. The third-order valence-electron chi connectivity index (χ3n) is 6.02. The number of aromatic nitrogens is 2. The Bertz CT molecular complexity index is 1110. The number of nitrogens with zero attached hydrogens (tertiary/aromatic N) is 2. The number of carbonyl (C=O) groups excluding carboxylic acids is 2. The van der Waals surface area contributed by atoms with Crippen LogP contribution < -0.4 is 0 Å². The third kappa shape index (κ3) is 2.51. The molecule has 144 valence electrons. The highest BCUT2D eigenvalue weighted by molar-refractivity contribution is 6.10. The van der Waals surface area contributed by atoms with Gasteiger partial charge in [-0.2, -0.15) is 0 Å². The van der Waals surface area contributed by atoms with E-state index in [9.17, 15) is 9.59 Å². The highest BCUT2D eigenvalue weighted by atomic mass is 16.3. The van der Waals surface area contributed by atoms with Gasteiger partial charge in [-0.1, -0.05) is 12.1 Å².